The molecule has 0 radical (unpaired) electrons. The Morgan fingerprint density at radius 3 is 2.18 bits per heavy atom. The van der Waals surface area contributed by atoms with Crippen LogP contribution in [-0.2, 0) is 0 Å². The van der Waals surface area contributed by atoms with Crippen molar-refractivity contribution in [2.45, 2.75) is 11.8 Å². The van der Waals surface area contributed by atoms with E-state index in [4.69, 9.17) is 19.9 Å². The molecule has 2 heterocycles. The van der Waals surface area contributed by atoms with Crippen molar-refractivity contribution >= 4 is 33.7 Å². The van der Waals surface area contributed by atoms with Gasteiger partial charge in [0.1, 0.15) is 0 Å². The van der Waals surface area contributed by atoms with E-state index >= 15 is 0 Å². The van der Waals surface area contributed by atoms with Gasteiger partial charge in [0.05, 0.1) is 11.9 Å². The van der Waals surface area contributed by atoms with Crippen LogP contribution < -0.4 is 10.6 Å². The van der Waals surface area contributed by atoms with Gasteiger partial charge in [-0.05, 0) is 56.1 Å². The van der Waals surface area contributed by atoms with Gasteiger partial charge in [-0.3, -0.25) is 4.99 Å². The van der Waals surface area contributed by atoms with E-state index in [1.54, 1.807) is 0 Å². The Labute approximate surface area is 291 Å². The number of allylic oxidation sites excluding steroid dienone is 5. The fourth-order valence-electron chi connectivity index (χ4n) is 7.29. The molecule has 7 aromatic rings. The molecule has 0 bridgehead atoms. The minimum absolute atomic E-state index is 0.175. The minimum Gasteiger partial charge on any atom is -0.284 e. The van der Waals surface area contributed by atoms with Crippen LogP contribution >= 0.6 is 0 Å². The van der Waals surface area contributed by atoms with Gasteiger partial charge in [-0.15, -0.1) is 0 Å². The molecule has 0 spiro atoms. The lowest BCUT2D eigenvalue weighted by Crippen LogP contribution is -2.30. The zero-order valence-corrected chi connectivity index (χ0v) is 27.5. The van der Waals surface area contributed by atoms with Crippen LogP contribution in [0.3, 0.4) is 0 Å². The van der Waals surface area contributed by atoms with E-state index in [2.05, 4.69) is 170 Å². The zero-order chi connectivity index (χ0) is 33.3. The predicted octanol–water partition coefficient (Wildman–Crippen LogP) is 9.25. The molecule has 0 saturated heterocycles. The number of nitrogens with zero attached hydrogens (tertiary/aromatic N) is 4. The molecule has 238 valence electrons. The lowest BCUT2D eigenvalue weighted by Gasteiger charge is -2.21. The smallest absolute Gasteiger partial charge is 0.164 e. The fraction of sp³-hybridized carbons (Fsp3) is 0.0870. The molecule has 1 aliphatic carbocycles. The summed E-state index contributed by atoms with van der Waals surface area (Å²) in [5.41, 5.74) is 4.46. The maximum atomic E-state index is 5.15. The number of benzene rings is 6. The molecular formula is C46H34N4. The van der Waals surface area contributed by atoms with Crippen molar-refractivity contribution in [1.29, 1.82) is 0 Å². The zero-order valence-electron chi connectivity index (χ0n) is 27.5. The van der Waals surface area contributed by atoms with Crippen LogP contribution in [0.15, 0.2) is 169 Å². The topological polar surface area (TPSA) is 51.0 Å². The fourth-order valence-corrected chi connectivity index (χ4v) is 7.29. The molecule has 0 saturated carbocycles. The first-order chi connectivity index (χ1) is 24.8. The Hall–Kier alpha value is -6.26. The van der Waals surface area contributed by atoms with E-state index in [1.807, 2.05) is 6.07 Å². The summed E-state index contributed by atoms with van der Waals surface area (Å²) in [5.74, 6) is 2.59. The van der Waals surface area contributed by atoms with Crippen LogP contribution in [-0.4, -0.2) is 21.5 Å². The largest absolute Gasteiger partial charge is 0.284 e. The van der Waals surface area contributed by atoms with Crippen molar-refractivity contribution in [3.8, 4) is 22.8 Å². The third-order valence-corrected chi connectivity index (χ3v) is 9.86. The predicted molar refractivity (Wildman–Crippen MR) is 205 cm³/mol. The second-order valence-corrected chi connectivity index (χ2v) is 13.0. The number of aromatic nitrogens is 3. The van der Waals surface area contributed by atoms with Crippen molar-refractivity contribution in [2.24, 2.45) is 10.9 Å². The van der Waals surface area contributed by atoms with Crippen molar-refractivity contribution in [3.63, 3.8) is 0 Å². The Morgan fingerprint density at radius 2 is 1.30 bits per heavy atom. The van der Waals surface area contributed by atoms with Crippen LogP contribution in [0.1, 0.15) is 28.8 Å². The third-order valence-electron chi connectivity index (χ3n) is 9.86. The normalized spacial score (nSPS) is 18.2. The maximum absolute atomic E-state index is 5.15. The molecule has 1 aliphatic heterocycles. The Morgan fingerprint density at radius 1 is 0.580 bits per heavy atom. The summed E-state index contributed by atoms with van der Waals surface area (Å²) in [6.07, 6.45) is 15.4. The molecule has 6 aromatic carbocycles. The molecule has 0 amide bonds. The van der Waals surface area contributed by atoms with Crippen molar-refractivity contribution < 1.29 is 0 Å². The second-order valence-electron chi connectivity index (χ2n) is 13.0. The molecule has 3 atom stereocenters. The van der Waals surface area contributed by atoms with Gasteiger partial charge in [-0.1, -0.05) is 158 Å². The summed E-state index contributed by atoms with van der Waals surface area (Å²) in [7, 11) is 0. The first kappa shape index (κ1) is 29.8. The van der Waals surface area contributed by atoms with Gasteiger partial charge in [0, 0.05) is 28.9 Å². The first-order valence-electron chi connectivity index (χ1n) is 17.2. The number of fused-ring (bicyclic) bond motifs is 4. The van der Waals surface area contributed by atoms with Gasteiger partial charge in [0.15, 0.2) is 17.5 Å². The van der Waals surface area contributed by atoms with Crippen LogP contribution in [0.25, 0.3) is 56.5 Å². The van der Waals surface area contributed by atoms with Crippen molar-refractivity contribution in [1.82, 2.24) is 15.0 Å². The highest BCUT2D eigenvalue weighted by atomic mass is 15.0. The maximum Gasteiger partial charge on any atom is 0.164 e. The second kappa shape index (κ2) is 13.0. The van der Waals surface area contributed by atoms with Gasteiger partial charge < -0.3 is 0 Å². The summed E-state index contributed by atoms with van der Waals surface area (Å²) >= 11 is 0. The quantitative estimate of drug-likeness (QED) is 0.170. The molecule has 4 nitrogen and oxygen atoms in total. The van der Waals surface area contributed by atoms with Crippen molar-refractivity contribution in [3.05, 3.63) is 191 Å². The Bertz CT molecular complexity index is 2580. The third kappa shape index (κ3) is 5.75. The van der Waals surface area contributed by atoms with E-state index in [0.29, 0.717) is 17.5 Å². The molecule has 9 rings (SSSR count). The summed E-state index contributed by atoms with van der Waals surface area (Å²) in [6, 6.07) is 46.9. The first-order valence-corrected chi connectivity index (χ1v) is 17.2. The lowest BCUT2D eigenvalue weighted by atomic mass is 9.83. The standard InChI is InChI=1S/C46H34N4/c1-2-12-32(13-3-1)38-17-7-4-14-33(38)26-27-44-48-45(34-24-22-31(23-25-34)37-28-36-16-6-11-21-43(36)47-30-37)50-46(49-44)42-29-35-15-5-8-18-39(35)40-19-9-10-20-41(40)42/h1-29,33,37-38H,30H2/b27-26+. The molecule has 0 N–H and O–H groups in total. The van der Waals surface area contributed by atoms with Gasteiger partial charge in [0.2, 0.25) is 0 Å². The molecule has 0 fully saturated rings. The highest BCUT2D eigenvalue weighted by Gasteiger charge is 2.19. The summed E-state index contributed by atoms with van der Waals surface area (Å²) in [4.78, 5) is 20.2. The van der Waals surface area contributed by atoms with E-state index in [0.717, 1.165) is 33.8 Å². The van der Waals surface area contributed by atoms with Gasteiger partial charge in [0.25, 0.3) is 0 Å². The van der Waals surface area contributed by atoms with Gasteiger partial charge in [-0.2, -0.15) is 0 Å². The van der Waals surface area contributed by atoms with Gasteiger partial charge >= 0.3 is 0 Å². The average Bonchev–Trinajstić information content (AvgIpc) is 3.20. The number of para-hydroxylation sites is 1. The van der Waals surface area contributed by atoms with Crippen LogP contribution in [0, 0.1) is 5.92 Å². The average molecular weight is 643 g/mol. The molecular weight excluding hydrogens is 609 g/mol. The monoisotopic (exact) mass is 642 g/mol. The Balaban J connectivity index is 1.14. The van der Waals surface area contributed by atoms with Gasteiger partial charge in [-0.25, -0.2) is 15.0 Å². The van der Waals surface area contributed by atoms with Crippen molar-refractivity contribution in [2.75, 3.05) is 6.54 Å². The number of rotatable bonds is 6. The molecule has 2 aliphatic rings. The van der Waals surface area contributed by atoms with E-state index in [-0.39, 0.29) is 17.8 Å². The number of hydrogen-bond acceptors (Lipinski definition) is 4. The SMILES string of the molecule is C1=CC(/C=C/c2nc(-c3ccc(C4C=c5ccccc5=NC4)cc3)nc(-c3cc4ccccc4c4ccccc34)n2)C(c2ccccc2)C=C1. The van der Waals surface area contributed by atoms with E-state index < -0.39 is 0 Å². The molecule has 4 heteroatoms. The van der Waals surface area contributed by atoms with Crippen LogP contribution in [0.2, 0.25) is 0 Å². The Kier molecular flexibility index (Phi) is 7.75. The molecule has 3 unspecified atom stereocenters. The minimum atomic E-state index is 0.175. The lowest BCUT2D eigenvalue weighted by molar-refractivity contribution is 0.701. The van der Waals surface area contributed by atoms with E-state index in [1.165, 1.54) is 27.1 Å². The number of hydrogen-bond donors (Lipinski definition) is 0. The molecule has 50 heavy (non-hydrogen) atoms. The van der Waals surface area contributed by atoms with E-state index in [9.17, 15) is 0 Å². The van der Waals surface area contributed by atoms with Crippen LogP contribution in [0.5, 0.6) is 0 Å². The summed E-state index contributed by atoms with van der Waals surface area (Å²) in [5, 5.41) is 6.93. The van der Waals surface area contributed by atoms with Crippen LogP contribution in [0.4, 0.5) is 0 Å². The highest BCUT2D eigenvalue weighted by Crippen LogP contribution is 2.35. The molecule has 1 aromatic heterocycles. The summed E-state index contributed by atoms with van der Waals surface area (Å²) in [6.45, 7) is 0.741. The highest BCUT2D eigenvalue weighted by molar-refractivity contribution is 6.13. The summed E-state index contributed by atoms with van der Waals surface area (Å²) < 4.78 is 0.